The van der Waals surface area contributed by atoms with Crippen molar-refractivity contribution in [2.75, 3.05) is 20.3 Å². The van der Waals surface area contributed by atoms with Crippen LogP contribution in [0, 0.1) is 0 Å². The molecule has 0 amide bonds. The molecule has 9 heteroatoms. The number of fused-ring (bicyclic) bond motifs is 1. The van der Waals surface area contributed by atoms with E-state index >= 15 is 0 Å². The van der Waals surface area contributed by atoms with E-state index in [0.717, 1.165) is 25.7 Å². The minimum Gasteiger partial charge on any atom is -0.490 e. The lowest BCUT2D eigenvalue weighted by atomic mass is 9.88. The van der Waals surface area contributed by atoms with Crippen LogP contribution in [0.2, 0.25) is 0 Å². The Morgan fingerprint density at radius 2 is 1.97 bits per heavy atom. The number of methoxy groups -OCH3 is 1. The Morgan fingerprint density at radius 1 is 1.20 bits per heavy atom. The van der Waals surface area contributed by atoms with Crippen LogP contribution in [-0.2, 0) is 9.53 Å². The molecule has 1 aromatic heterocycles. The standard InChI is InChI=1S/C26H28BrN3O5/c1-3-34-22-14-17(13-20(27)24(22)35-16-23(31)33-2)15-28-30-25(18-9-5-4-6-10-18)29-21-12-8-7-11-19(21)26(30)32/h7-8,11-15,18H,3-6,9-10,16H2,1-2H3. The Labute approximate surface area is 212 Å². The third kappa shape index (κ3) is 5.73. The van der Waals surface area contributed by atoms with Crippen LogP contribution < -0.4 is 15.0 Å². The second kappa shape index (κ2) is 11.5. The van der Waals surface area contributed by atoms with Gasteiger partial charge in [-0.1, -0.05) is 31.4 Å². The summed E-state index contributed by atoms with van der Waals surface area (Å²) >= 11 is 3.49. The quantitative estimate of drug-likeness (QED) is 0.293. The Morgan fingerprint density at radius 3 is 2.71 bits per heavy atom. The number of para-hydroxylation sites is 1. The average molecular weight is 542 g/mol. The lowest BCUT2D eigenvalue weighted by molar-refractivity contribution is -0.142. The molecule has 0 saturated heterocycles. The SMILES string of the molecule is CCOc1cc(C=Nn2c(C3CCCCC3)nc3ccccc3c2=O)cc(Br)c1OCC(=O)OC. The van der Waals surface area contributed by atoms with E-state index < -0.39 is 5.97 Å². The van der Waals surface area contributed by atoms with E-state index in [9.17, 15) is 9.59 Å². The van der Waals surface area contributed by atoms with Crippen LogP contribution in [-0.4, -0.2) is 42.2 Å². The number of esters is 1. The zero-order valence-electron chi connectivity index (χ0n) is 19.8. The summed E-state index contributed by atoms with van der Waals surface area (Å²) in [4.78, 5) is 29.8. The van der Waals surface area contributed by atoms with Gasteiger partial charge in [-0.15, -0.1) is 0 Å². The molecule has 1 aliphatic carbocycles. The zero-order chi connectivity index (χ0) is 24.8. The molecule has 1 aliphatic rings. The predicted octanol–water partition coefficient (Wildman–Crippen LogP) is 5.04. The number of rotatable bonds is 8. The summed E-state index contributed by atoms with van der Waals surface area (Å²) in [5.74, 6) is 1.23. The van der Waals surface area contributed by atoms with Gasteiger partial charge >= 0.3 is 5.97 Å². The molecule has 2 aromatic carbocycles. The molecule has 35 heavy (non-hydrogen) atoms. The average Bonchev–Trinajstić information content (AvgIpc) is 2.88. The van der Waals surface area contributed by atoms with Crippen LogP contribution >= 0.6 is 15.9 Å². The summed E-state index contributed by atoms with van der Waals surface area (Å²) < 4.78 is 18.0. The van der Waals surface area contributed by atoms with Crippen molar-refractivity contribution >= 4 is 39.0 Å². The number of carbonyl (C=O) groups is 1. The van der Waals surface area contributed by atoms with E-state index in [-0.39, 0.29) is 18.1 Å². The van der Waals surface area contributed by atoms with Gasteiger partial charge in [-0.25, -0.2) is 9.78 Å². The van der Waals surface area contributed by atoms with Gasteiger partial charge in [0.1, 0.15) is 5.82 Å². The summed E-state index contributed by atoms with van der Waals surface area (Å²) in [5, 5.41) is 5.12. The fraction of sp³-hybridized carbons (Fsp3) is 0.385. The van der Waals surface area contributed by atoms with Crippen molar-refractivity contribution in [2.24, 2.45) is 5.10 Å². The Bertz CT molecular complexity index is 1300. The summed E-state index contributed by atoms with van der Waals surface area (Å²) in [6.07, 6.45) is 7.04. The van der Waals surface area contributed by atoms with Crippen molar-refractivity contribution in [3.8, 4) is 11.5 Å². The number of hydrogen-bond acceptors (Lipinski definition) is 7. The summed E-state index contributed by atoms with van der Waals surface area (Å²) in [6, 6.07) is 10.9. The first kappa shape index (κ1) is 24.9. The van der Waals surface area contributed by atoms with Gasteiger partial charge in [0.15, 0.2) is 18.1 Å². The molecule has 1 saturated carbocycles. The largest absolute Gasteiger partial charge is 0.490 e. The van der Waals surface area contributed by atoms with E-state index in [4.69, 9.17) is 14.5 Å². The fourth-order valence-electron chi connectivity index (χ4n) is 4.26. The van der Waals surface area contributed by atoms with Gasteiger partial charge in [-0.2, -0.15) is 9.78 Å². The highest BCUT2D eigenvalue weighted by atomic mass is 79.9. The highest BCUT2D eigenvalue weighted by Gasteiger charge is 2.22. The summed E-state index contributed by atoms with van der Waals surface area (Å²) in [7, 11) is 1.30. The maximum atomic E-state index is 13.4. The van der Waals surface area contributed by atoms with E-state index in [0.29, 0.717) is 44.9 Å². The van der Waals surface area contributed by atoms with Crippen LogP contribution in [0.4, 0.5) is 0 Å². The van der Waals surface area contributed by atoms with Crippen molar-refractivity contribution in [2.45, 2.75) is 44.9 Å². The zero-order valence-corrected chi connectivity index (χ0v) is 21.4. The van der Waals surface area contributed by atoms with E-state index in [1.54, 1.807) is 24.4 Å². The number of nitrogens with zero attached hydrogens (tertiary/aromatic N) is 3. The number of aromatic nitrogens is 2. The van der Waals surface area contributed by atoms with Gasteiger partial charge in [0.2, 0.25) is 0 Å². The molecular formula is C26H28BrN3O5. The van der Waals surface area contributed by atoms with Gasteiger partial charge in [-0.3, -0.25) is 4.79 Å². The molecular weight excluding hydrogens is 514 g/mol. The predicted molar refractivity (Wildman–Crippen MR) is 138 cm³/mol. The molecule has 8 nitrogen and oxygen atoms in total. The van der Waals surface area contributed by atoms with Crippen LogP contribution in [0.1, 0.15) is 56.3 Å². The normalized spacial score (nSPS) is 14.4. The molecule has 0 N–H and O–H groups in total. The van der Waals surface area contributed by atoms with Gasteiger partial charge in [-0.05, 0) is 65.5 Å². The molecule has 0 spiro atoms. The molecule has 3 aromatic rings. The Kier molecular flexibility index (Phi) is 8.17. The number of carbonyl (C=O) groups excluding carboxylic acids is 1. The molecule has 1 heterocycles. The minimum absolute atomic E-state index is 0.186. The summed E-state index contributed by atoms with van der Waals surface area (Å²) in [6.45, 7) is 2.02. The van der Waals surface area contributed by atoms with Crippen molar-refractivity contribution in [3.05, 3.63) is 62.6 Å². The molecule has 0 unspecified atom stereocenters. The lowest BCUT2D eigenvalue weighted by Gasteiger charge is -2.22. The maximum absolute atomic E-state index is 13.4. The van der Waals surface area contributed by atoms with E-state index in [2.05, 4.69) is 25.8 Å². The monoisotopic (exact) mass is 541 g/mol. The Hall–Kier alpha value is -3.20. The number of benzene rings is 2. The van der Waals surface area contributed by atoms with Crippen molar-refractivity contribution in [1.29, 1.82) is 0 Å². The van der Waals surface area contributed by atoms with Crippen molar-refractivity contribution in [3.63, 3.8) is 0 Å². The van der Waals surface area contributed by atoms with Gasteiger partial charge in [0, 0.05) is 5.92 Å². The molecule has 1 fully saturated rings. The fourth-order valence-corrected chi connectivity index (χ4v) is 4.83. The van der Waals surface area contributed by atoms with Gasteiger partial charge < -0.3 is 14.2 Å². The molecule has 0 atom stereocenters. The number of hydrogen-bond donors (Lipinski definition) is 0. The Balaban J connectivity index is 1.74. The van der Waals surface area contributed by atoms with Crippen molar-refractivity contribution < 1.29 is 19.0 Å². The number of halogens is 1. The van der Waals surface area contributed by atoms with E-state index in [1.807, 2.05) is 25.1 Å². The molecule has 0 bridgehead atoms. The smallest absolute Gasteiger partial charge is 0.343 e. The molecule has 0 aliphatic heterocycles. The lowest BCUT2D eigenvalue weighted by Crippen LogP contribution is -2.25. The van der Waals surface area contributed by atoms with Crippen LogP contribution in [0.5, 0.6) is 11.5 Å². The van der Waals surface area contributed by atoms with Gasteiger partial charge in [0.25, 0.3) is 5.56 Å². The molecule has 4 rings (SSSR count). The topological polar surface area (TPSA) is 92.0 Å². The van der Waals surface area contributed by atoms with Gasteiger partial charge in [0.05, 0.1) is 35.3 Å². The number of ether oxygens (including phenoxy) is 3. The summed E-state index contributed by atoms with van der Waals surface area (Å²) in [5.41, 5.74) is 1.20. The first-order chi connectivity index (χ1) is 17.0. The molecule has 0 radical (unpaired) electrons. The second-order valence-corrected chi connectivity index (χ2v) is 9.17. The maximum Gasteiger partial charge on any atom is 0.343 e. The third-order valence-electron chi connectivity index (χ3n) is 5.97. The first-order valence-electron chi connectivity index (χ1n) is 11.7. The van der Waals surface area contributed by atoms with E-state index in [1.165, 1.54) is 18.2 Å². The highest BCUT2D eigenvalue weighted by Crippen LogP contribution is 2.37. The second-order valence-electron chi connectivity index (χ2n) is 8.31. The van der Waals surface area contributed by atoms with Crippen LogP contribution in [0.3, 0.4) is 0 Å². The highest BCUT2D eigenvalue weighted by molar-refractivity contribution is 9.10. The van der Waals surface area contributed by atoms with Crippen LogP contribution in [0.15, 0.2) is 50.8 Å². The molecule has 184 valence electrons. The first-order valence-corrected chi connectivity index (χ1v) is 12.5. The van der Waals surface area contributed by atoms with Crippen LogP contribution in [0.25, 0.3) is 10.9 Å². The minimum atomic E-state index is -0.497. The van der Waals surface area contributed by atoms with Crippen molar-refractivity contribution in [1.82, 2.24) is 9.66 Å². The third-order valence-corrected chi connectivity index (χ3v) is 6.55.